The Labute approximate surface area is 150 Å². The normalized spacial score (nSPS) is 12.0. The summed E-state index contributed by atoms with van der Waals surface area (Å²) in [6.45, 7) is 3.82. The fourth-order valence-electron chi connectivity index (χ4n) is 2.44. The number of thiazole rings is 1. The van der Waals surface area contributed by atoms with E-state index in [0.29, 0.717) is 15.6 Å². The number of amides is 1. The maximum absolute atomic E-state index is 12.6. The van der Waals surface area contributed by atoms with Crippen LogP contribution in [0.15, 0.2) is 54.6 Å². The van der Waals surface area contributed by atoms with E-state index in [9.17, 15) is 4.79 Å². The van der Waals surface area contributed by atoms with Gasteiger partial charge >= 0.3 is 0 Å². The molecule has 3 rings (SSSR count). The molecule has 1 aromatic heterocycles. The van der Waals surface area contributed by atoms with Crippen LogP contribution in [0, 0.1) is 6.92 Å². The fraction of sp³-hybridized carbons (Fsp3) is 0.158. The standard InChI is InChI=1S/C19H17ClN2OS/c1-12(14-8-4-3-5-9-14)21-18(23)17-13(2)22-19(24-17)15-10-6-7-11-16(15)20/h3-12H,1-2H3,(H,21,23). The predicted molar refractivity (Wildman–Crippen MR) is 99.6 cm³/mol. The summed E-state index contributed by atoms with van der Waals surface area (Å²) in [4.78, 5) is 17.7. The van der Waals surface area contributed by atoms with Crippen molar-refractivity contribution in [2.75, 3.05) is 0 Å². The Hall–Kier alpha value is -2.17. The number of aryl methyl sites for hydroxylation is 1. The van der Waals surface area contributed by atoms with Gasteiger partial charge < -0.3 is 5.32 Å². The third-order valence-corrected chi connectivity index (χ3v) is 5.27. The molecule has 0 radical (unpaired) electrons. The first kappa shape index (κ1) is 16.7. The molecule has 0 aliphatic carbocycles. The number of nitrogens with zero attached hydrogens (tertiary/aromatic N) is 1. The van der Waals surface area contributed by atoms with Crippen molar-refractivity contribution in [2.45, 2.75) is 19.9 Å². The molecule has 0 spiro atoms. The average molecular weight is 357 g/mol. The summed E-state index contributed by atoms with van der Waals surface area (Å²) in [6.07, 6.45) is 0. The monoisotopic (exact) mass is 356 g/mol. The summed E-state index contributed by atoms with van der Waals surface area (Å²) in [5.41, 5.74) is 2.63. The van der Waals surface area contributed by atoms with Gasteiger partial charge in [0, 0.05) is 5.56 Å². The molecular weight excluding hydrogens is 340 g/mol. The lowest BCUT2D eigenvalue weighted by Gasteiger charge is -2.13. The zero-order chi connectivity index (χ0) is 17.1. The summed E-state index contributed by atoms with van der Waals surface area (Å²) in [5, 5.41) is 4.43. The summed E-state index contributed by atoms with van der Waals surface area (Å²) in [7, 11) is 0. The van der Waals surface area contributed by atoms with Crippen LogP contribution in [0.5, 0.6) is 0 Å². The highest BCUT2D eigenvalue weighted by Crippen LogP contribution is 2.32. The zero-order valence-corrected chi connectivity index (χ0v) is 15.0. The van der Waals surface area contributed by atoms with Crippen LogP contribution >= 0.6 is 22.9 Å². The van der Waals surface area contributed by atoms with Crippen molar-refractivity contribution in [3.8, 4) is 10.6 Å². The molecule has 0 aliphatic heterocycles. The zero-order valence-electron chi connectivity index (χ0n) is 13.4. The molecule has 122 valence electrons. The van der Waals surface area contributed by atoms with Crippen LogP contribution in [-0.2, 0) is 0 Å². The van der Waals surface area contributed by atoms with Crippen LogP contribution in [0.3, 0.4) is 0 Å². The van der Waals surface area contributed by atoms with Crippen LogP contribution in [0.25, 0.3) is 10.6 Å². The van der Waals surface area contributed by atoms with Crippen LogP contribution in [0.1, 0.15) is 33.9 Å². The van der Waals surface area contributed by atoms with Gasteiger partial charge in [-0.15, -0.1) is 11.3 Å². The second kappa shape index (κ2) is 7.16. The van der Waals surface area contributed by atoms with E-state index in [1.807, 2.05) is 68.4 Å². The Balaban J connectivity index is 1.82. The fourth-order valence-corrected chi connectivity index (χ4v) is 3.73. The minimum Gasteiger partial charge on any atom is -0.345 e. The molecule has 1 N–H and O–H groups in total. The van der Waals surface area contributed by atoms with Gasteiger partial charge in [-0.3, -0.25) is 4.79 Å². The molecule has 3 nitrogen and oxygen atoms in total. The van der Waals surface area contributed by atoms with Crippen LogP contribution in [-0.4, -0.2) is 10.9 Å². The summed E-state index contributed by atoms with van der Waals surface area (Å²) in [6, 6.07) is 17.3. The van der Waals surface area contributed by atoms with Gasteiger partial charge in [0.25, 0.3) is 5.91 Å². The van der Waals surface area contributed by atoms with Crippen LogP contribution in [0.4, 0.5) is 0 Å². The average Bonchev–Trinajstić information content (AvgIpc) is 2.97. The van der Waals surface area contributed by atoms with E-state index in [1.165, 1.54) is 11.3 Å². The van der Waals surface area contributed by atoms with E-state index < -0.39 is 0 Å². The molecular formula is C19H17ClN2OS. The van der Waals surface area contributed by atoms with Crippen molar-refractivity contribution < 1.29 is 4.79 Å². The molecule has 5 heteroatoms. The van der Waals surface area contributed by atoms with E-state index in [0.717, 1.165) is 16.1 Å². The highest BCUT2D eigenvalue weighted by molar-refractivity contribution is 7.17. The molecule has 1 amide bonds. The van der Waals surface area contributed by atoms with E-state index >= 15 is 0 Å². The Morgan fingerprint density at radius 1 is 1.12 bits per heavy atom. The molecule has 24 heavy (non-hydrogen) atoms. The van der Waals surface area contributed by atoms with Crippen LogP contribution in [0.2, 0.25) is 5.02 Å². The Kier molecular flexibility index (Phi) is 4.97. The van der Waals surface area contributed by atoms with Gasteiger partial charge in [0.15, 0.2) is 0 Å². The Morgan fingerprint density at radius 3 is 2.50 bits per heavy atom. The molecule has 0 saturated carbocycles. The predicted octanol–water partition coefficient (Wildman–Crippen LogP) is 5.26. The lowest BCUT2D eigenvalue weighted by Crippen LogP contribution is -2.26. The van der Waals surface area contributed by atoms with E-state index in [1.54, 1.807) is 0 Å². The molecule has 2 aromatic carbocycles. The van der Waals surface area contributed by atoms with Crippen molar-refractivity contribution in [2.24, 2.45) is 0 Å². The van der Waals surface area contributed by atoms with E-state index in [2.05, 4.69) is 10.3 Å². The molecule has 1 unspecified atom stereocenters. The first-order chi connectivity index (χ1) is 11.6. The molecule has 3 aromatic rings. The number of carbonyl (C=O) groups excluding carboxylic acids is 1. The summed E-state index contributed by atoms with van der Waals surface area (Å²) < 4.78 is 0. The minimum absolute atomic E-state index is 0.0658. The van der Waals surface area contributed by atoms with Crippen molar-refractivity contribution >= 4 is 28.8 Å². The number of benzene rings is 2. The summed E-state index contributed by atoms with van der Waals surface area (Å²) in [5.74, 6) is -0.111. The van der Waals surface area contributed by atoms with Crippen molar-refractivity contribution in [3.63, 3.8) is 0 Å². The largest absolute Gasteiger partial charge is 0.345 e. The maximum atomic E-state index is 12.6. The quantitative estimate of drug-likeness (QED) is 0.692. The molecule has 0 bridgehead atoms. The van der Waals surface area contributed by atoms with Gasteiger partial charge in [-0.1, -0.05) is 60.1 Å². The van der Waals surface area contributed by atoms with Gasteiger partial charge in [-0.25, -0.2) is 4.98 Å². The molecule has 0 saturated heterocycles. The van der Waals surface area contributed by atoms with Crippen molar-refractivity contribution in [1.29, 1.82) is 0 Å². The molecule has 0 fully saturated rings. The van der Waals surface area contributed by atoms with Gasteiger partial charge in [0.05, 0.1) is 16.8 Å². The van der Waals surface area contributed by atoms with Crippen molar-refractivity contribution in [1.82, 2.24) is 10.3 Å². The number of hydrogen-bond acceptors (Lipinski definition) is 3. The summed E-state index contributed by atoms with van der Waals surface area (Å²) >= 11 is 7.59. The number of halogens is 1. The number of aromatic nitrogens is 1. The number of rotatable bonds is 4. The van der Waals surface area contributed by atoms with Crippen molar-refractivity contribution in [3.05, 3.63) is 75.8 Å². The maximum Gasteiger partial charge on any atom is 0.263 e. The first-order valence-electron chi connectivity index (χ1n) is 7.64. The Morgan fingerprint density at radius 2 is 1.79 bits per heavy atom. The van der Waals surface area contributed by atoms with Crippen LogP contribution < -0.4 is 5.32 Å². The number of carbonyl (C=O) groups is 1. The van der Waals surface area contributed by atoms with E-state index in [-0.39, 0.29) is 11.9 Å². The molecule has 0 aliphatic rings. The lowest BCUT2D eigenvalue weighted by molar-refractivity contribution is 0.0943. The minimum atomic E-state index is -0.111. The third kappa shape index (κ3) is 3.50. The molecule has 1 heterocycles. The topological polar surface area (TPSA) is 42.0 Å². The first-order valence-corrected chi connectivity index (χ1v) is 8.84. The highest BCUT2D eigenvalue weighted by atomic mass is 35.5. The second-order valence-corrected chi connectivity index (χ2v) is 6.93. The third-order valence-electron chi connectivity index (χ3n) is 3.75. The van der Waals surface area contributed by atoms with Gasteiger partial charge in [-0.05, 0) is 25.5 Å². The van der Waals surface area contributed by atoms with Gasteiger partial charge in [0.1, 0.15) is 9.88 Å². The SMILES string of the molecule is Cc1nc(-c2ccccc2Cl)sc1C(=O)NC(C)c1ccccc1. The van der Waals surface area contributed by atoms with Gasteiger partial charge in [0.2, 0.25) is 0 Å². The van der Waals surface area contributed by atoms with Gasteiger partial charge in [-0.2, -0.15) is 0 Å². The highest BCUT2D eigenvalue weighted by Gasteiger charge is 2.19. The molecule has 1 atom stereocenters. The number of nitrogens with one attached hydrogen (secondary N) is 1. The second-order valence-electron chi connectivity index (χ2n) is 5.52. The van der Waals surface area contributed by atoms with E-state index in [4.69, 9.17) is 11.6 Å². The smallest absolute Gasteiger partial charge is 0.263 e. The number of hydrogen-bond donors (Lipinski definition) is 1. The lowest BCUT2D eigenvalue weighted by atomic mass is 10.1. The Bertz CT molecular complexity index is 861.